The van der Waals surface area contributed by atoms with Gasteiger partial charge in [-0.05, 0) is 37.9 Å². The lowest BCUT2D eigenvalue weighted by Crippen LogP contribution is -2.44. The molecule has 3 rings (SSSR count). The maximum atomic E-state index is 12.5. The summed E-state index contributed by atoms with van der Waals surface area (Å²) in [5, 5.41) is 3.53. The number of hydrogen-bond acceptors (Lipinski definition) is 4. The topological polar surface area (TPSA) is 50.8 Å². The molecule has 0 aliphatic carbocycles. The lowest BCUT2D eigenvalue weighted by molar-refractivity contribution is 0.0910. The monoisotopic (exact) mass is 338 g/mol. The quantitative estimate of drug-likeness (QED) is 0.917. The average molecular weight is 339 g/mol. The fourth-order valence-electron chi connectivity index (χ4n) is 3.13. The number of benzene rings is 1. The molecule has 0 bridgehead atoms. The molecule has 2 aliphatic heterocycles. The molecule has 1 aromatic carbocycles. The summed E-state index contributed by atoms with van der Waals surface area (Å²) in [6.07, 6.45) is 3.15. The third kappa shape index (κ3) is 3.90. The van der Waals surface area contributed by atoms with Gasteiger partial charge in [-0.25, -0.2) is 0 Å². The second-order valence-electron chi connectivity index (χ2n) is 6.07. The molecule has 2 aliphatic rings. The minimum Gasteiger partial charge on any atom is -0.486 e. The zero-order chi connectivity index (χ0) is 16.2. The summed E-state index contributed by atoms with van der Waals surface area (Å²) in [5.74, 6) is 0.979. The average Bonchev–Trinajstić information content (AvgIpc) is 2.57. The van der Waals surface area contributed by atoms with Crippen LogP contribution in [0.2, 0.25) is 5.02 Å². The van der Waals surface area contributed by atoms with Gasteiger partial charge in [-0.3, -0.25) is 4.79 Å². The number of ether oxygens (including phenoxy) is 2. The van der Waals surface area contributed by atoms with E-state index >= 15 is 0 Å². The zero-order valence-electron chi connectivity index (χ0n) is 13.4. The van der Waals surface area contributed by atoms with Gasteiger partial charge >= 0.3 is 0 Å². The van der Waals surface area contributed by atoms with Gasteiger partial charge in [0, 0.05) is 24.7 Å². The second-order valence-corrected chi connectivity index (χ2v) is 6.48. The number of hydrogen-bond donors (Lipinski definition) is 1. The van der Waals surface area contributed by atoms with Gasteiger partial charge in [-0.15, -0.1) is 0 Å². The van der Waals surface area contributed by atoms with E-state index < -0.39 is 0 Å². The minimum absolute atomic E-state index is 0.0992. The summed E-state index contributed by atoms with van der Waals surface area (Å²) in [7, 11) is 0. The van der Waals surface area contributed by atoms with Gasteiger partial charge < -0.3 is 19.7 Å². The first-order chi connectivity index (χ1) is 11.2. The van der Waals surface area contributed by atoms with Crippen molar-refractivity contribution in [2.75, 3.05) is 32.8 Å². The predicted molar refractivity (Wildman–Crippen MR) is 89.7 cm³/mol. The molecule has 1 saturated heterocycles. The molecule has 0 aromatic heterocycles. The molecule has 1 fully saturated rings. The third-order valence-electron chi connectivity index (χ3n) is 4.32. The van der Waals surface area contributed by atoms with E-state index in [1.54, 1.807) is 12.1 Å². The highest BCUT2D eigenvalue weighted by Crippen LogP contribution is 2.38. The fourth-order valence-corrected chi connectivity index (χ4v) is 3.39. The first-order valence-corrected chi connectivity index (χ1v) is 8.67. The van der Waals surface area contributed by atoms with Gasteiger partial charge in [-0.1, -0.05) is 18.5 Å². The molecular weight excluding hydrogens is 316 g/mol. The van der Waals surface area contributed by atoms with Crippen LogP contribution in [0.4, 0.5) is 0 Å². The Labute approximate surface area is 141 Å². The van der Waals surface area contributed by atoms with Crippen LogP contribution in [-0.2, 0) is 0 Å². The standard InChI is InChI=1S/C17H23ClN2O3/c1-2-5-20-6-3-13(4-7-20)19-17(21)12-10-14(18)16-15(11-12)22-8-9-23-16/h10-11,13H,2-9H2,1H3,(H,19,21). The number of rotatable bonds is 4. The molecule has 0 unspecified atom stereocenters. The molecule has 0 atom stereocenters. The van der Waals surface area contributed by atoms with Crippen molar-refractivity contribution in [3.8, 4) is 11.5 Å². The van der Waals surface area contributed by atoms with Crippen LogP contribution in [0.1, 0.15) is 36.5 Å². The molecule has 1 N–H and O–H groups in total. The molecule has 126 valence electrons. The van der Waals surface area contributed by atoms with Crippen molar-refractivity contribution in [1.82, 2.24) is 10.2 Å². The highest BCUT2D eigenvalue weighted by atomic mass is 35.5. The first-order valence-electron chi connectivity index (χ1n) is 8.29. The maximum Gasteiger partial charge on any atom is 0.251 e. The number of carbonyl (C=O) groups excluding carboxylic acids is 1. The fraction of sp³-hybridized carbons (Fsp3) is 0.588. The van der Waals surface area contributed by atoms with E-state index in [-0.39, 0.29) is 11.9 Å². The number of nitrogens with zero attached hydrogens (tertiary/aromatic N) is 1. The number of likely N-dealkylation sites (tertiary alicyclic amines) is 1. The highest BCUT2D eigenvalue weighted by molar-refractivity contribution is 6.32. The number of amides is 1. The molecular formula is C17H23ClN2O3. The predicted octanol–water partition coefficient (Wildman–Crippen LogP) is 2.72. The van der Waals surface area contributed by atoms with Gasteiger partial charge in [0.05, 0.1) is 5.02 Å². The number of halogens is 1. The van der Waals surface area contributed by atoms with Gasteiger partial charge in [-0.2, -0.15) is 0 Å². The summed E-state index contributed by atoms with van der Waals surface area (Å²) < 4.78 is 11.0. The van der Waals surface area contributed by atoms with Crippen LogP contribution < -0.4 is 14.8 Å². The van der Waals surface area contributed by atoms with E-state index in [4.69, 9.17) is 21.1 Å². The van der Waals surface area contributed by atoms with E-state index in [2.05, 4.69) is 17.1 Å². The van der Waals surface area contributed by atoms with Gasteiger partial charge in [0.15, 0.2) is 11.5 Å². The van der Waals surface area contributed by atoms with E-state index in [0.717, 1.165) is 32.5 Å². The maximum absolute atomic E-state index is 12.5. The van der Waals surface area contributed by atoms with Gasteiger partial charge in [0.2, 0.25) is 0 Å². The largest absolute Gasteiger partial charge is 0.486 e. The third-order valence-corrected chi connectivity index (χ3v) is 4.60. The number of carbonyl (C=O) groups is 1. The Bertz CT molecular complexity index is 571. The smallest absolute Gasteiger partial charge is 0.251 e. The molecule has 2 heterocycles. The first kappa shape index (κ1) is 16.4. The molecule has 0 saturated carbocycles. The Morgan fingerprint density at radius 1 is 1.30 bits per heavy atom. The summed E-state index contributed by atoms with van der Waals surface area (Å²) in [6.45, 7) is 6.37. The van der Waals surface area contributed by atoms with Crippen LogP contribution in [0, 0.1) is 0 Å². The summed E-state index contributed by atoms with van der Waals surface area (Å²) in [5.41, 5.74) is 0.523. The molecule has 0 radical (unpaired) electrons. The van der Waals surface area contributed by atoms with Crippen LogP contribution in [0.3, 0.4) is 0 Å². The Hall–Kier alpha value is -1.46. The van der Waals surface area contributed by atoms with E-state index in [9.17, 15) is 4.79 Å². The normalized spacial score (nSPS) is 18.7. The van der Waals surface area contributed by atoms with Gasteiger partial charge in [0.25, 0.3) is 5.91 Å². The van der Waals surface area contributed by atoms with Crippen LogP contribution >= 0.6 is 11.6 Å². The zero-order valence-corrected chi connectivity index (χ0v) is 14.2. The van der Waals surface area contributed by atoms with Crippen LogP contribution in [-0.4, -0.2) is 49.7 Å². The molecule has 0 spiro atoms. The van der Waals surface area contributed by atoms with Gasteiger partial charge in [0.1, 0.15) is 13.2 Å². The van der Waals surface area contributed by atoms with Crippen molar-refractivity contribution in [1.29, 1.82) is 0 Å². The van der Waals surface area contributed by atoms with Crippen LogP contribution in [0.5, 0.6) is 11.5 Å². The van der Waals surface area contributed by atoms with Crippen molar-refractivity contribution >= 4 is 17.5 Å². The van der Waals surface area contributed by atoms with Crippen molar-refractivity contribution < 1.29 is 14.3 Å². The van der Waals surface area contributed by atoms with E-state index in [0.29, 0.717) is 35.3 Å². The van der Waals surface area contributed by atoms with Crippen LogP contribution in [0.25, 0.3) is 0 Å². The number of piperidine rings is 1. The summed E-state index contributed by atoms with van der Waals surface area (Å²) in [6, 6.07) is 3.58. The Balaban J connectivity index is 1.62. The summed E-state index contributed by atoms with van der Waals surface area (Å²) in [4.78, 5) is 14.9. The number of nitrogens with one attached hydrogen (secondary N) is 1. The Morgan fingerprint density at radius 2 is 2.04 bits per heavy atom. The van der Waals surface area contributed by atoms with Crippen molar-refractivity contribution in [2.24, 2.45) is 0 Å². The van der Waals surface area contributed by atoms with E-state index in [1.165, 1.54) is 6.42 Å². The second kappa shape index (κ2) is 7.41. The van der Waals surface area contributed by atoms with Crippen molar-refractivity contribution in [3.05, 3.63) is 22.7 Å². The van der Waals surface area contributed by atoms with Crippen molar-refractivity contribution in [3.63, 3.8) is 0 Å². The summed E-state index contributed by atoms with van der Waals surface area (Å²) >= 11 is 6.20. The van der Waals surface area contributed by atoms with Crippen molar-refractivity contribution in [2.45, 2.75) is 32.2 Å². The molecule has 6 heteroatoms. The minimum atomic E-state index is -0.0992. The molecule has 5 nitrogen and oxygen atoms in total. The Kier molecular flexibility index (Phi) is 5.28. The lowest BCUT2D eigenvalue weighted by Gasteiger charge is -2.32. The Morgan fingerprint density at radius 3 is 2.78 bits per heavy atom. The SMILES string of the molecule is CCCN1CCC(NC(=O)c2cc(Cl)c3c(c2)OCCO3)CC1. The molecule has 1 amide bonds. The van der Waals surface area contributed by atoms with E-state index in [1.807, 2.05) is 0 Å². The number of fused-ring (bicyclic) bond motifs is 1. The van der Waals surface area contributed by atoms with Crippen LogP contribution in [0.15, 0.2) is 12.1 Å². The lowest BCUT2D eigenvalue weighted by atomic mass is 10.0. The molecule has 23 heavy (non-hydrogen) atoms. The highest BCUT2D eigenvalue weighted by Gasteiger charge is 2.23. The molecule has 1 aromatic rings.